The molecule has 0 atom stereocenters. The Hall–Kier alpha value is -4.53. The third-order valence-electron chi connectivity index (χ3n) is 4.20. The van der Waals surface area contributed by atoms with E-state index in [2.05, 4.69) is 5.32 Å². The molecule has 3 N–H and O–H groups in total. The fraction of sp³-hybridized carbons (Fsp3) is 0.125. The number of rotatable bonds is 10. The first kappa shape index (κ1) is 23.1. The van der Waals surface area contributed by atoms with Crippen molar-refractivity contribution in [2.45, 2.75) is 0 Å². The van der Waals surface area contributed by atoms with E-state index in [1.807, 2.05) is 30.3 Å². The highest BCUT2D eigenvalue weighted by Gasteiger charge is 2.15. The molecular formula is C24H22N2O7. The number of nitrogens with one attached hydrogen (secondary N) is 1. The smallest absolute Gasteiger partial charge is 0.338 e. The van der Waals surface area contributed by atoms with Gasteiger partial charge in [0.05, 0.1) is 12.7 Å². The van der Waals surface area contributed by atoms with Crippen molar-refractivity contribution < 1.29 is 33.3 Å². The predicted molar refractivity (Wildman–Crippen MR) is 120 cm³/mol. The van der Waals surface area contributed by atoms with Crippen molar-refractivity contribution in [1.82, 2.24) is 0 Å². The largest absolute Gasteiger partial charge is 0.493 e. The van der Waals surface area contributed by atoms with E-state index in [0.717, 1.165) is 0 Å². The molecule has 0 radical (unpaired) electrons. The Morgan fingerprint density at radius 1 is 0.848 bits per heavy atom. The van der Waals surface area contributed by atoms with E-state index in [1.165, 1.54) is 25.3 Å². The maximum Gasteiger partial charge on any atom is 0.338 e. The van der Waals surface area contributed by atoms with Crippen LogP contribution in [0.15, 0.2) is 72.8 Å². The number of methoxy groups -OCH3 is 1. The lowest BCUT2D eigenvalue weighted by Gasteiger charge is -2.11. The minimum atomic E-state index is -0.730. The quantitative estimate of drug-likeness (QED) is 0.454. The summed E-state index contributed by atoms with van der Waals surface area (Å²) in [5.41, 5.74) is 5.68. The van der Waals surface area contributed by atoms with Crippen LogP contribution in [0.1, 0.15) is 10.4 Å². The molecule has 9 heteroatoms. The molecule has 3 aromatic carbocycles. The van der Waals surface area contributed by atoms with Gasteiger partial charge in [0.25, 0.3) is 11.8 Å². The SMILES string of the molecule is COc1cc(C(=O)OCC(=O)Nc2cccc(Oc3ccccc3)c2)ccc1OCC(N)=O. The van der Waals surface area contributed by atoms with Gasteiger partial charge in [-0.15, -0.1) is 0 Å². The minimum Gasteiger partial charge on any atom is -0.493 e. The molecule has 0 spiro atoms. The number of anilines is 1. The van der Waals surface area contributed by atoms with E-state index < -0.39 is 24.4 Å². The van der Waals surface area contributed by atoms with Crippen molar-refractivity contribution in [1.29, 1.82) is 0 Å². The van der Waals surface area contributed by atoms with Crippen molar-refractivity contribution in [3.05, 3.63) is 78.4 Å². The standard InChI is InChI=1S/C24H22N2O7/c1-30-21-12-16(10-11-20(21)31-14-22(25)27)24(29)32-15-23(28)26-17-6-5-9-19(13-17)33-18-7-3-2-4-8-18/h2-13H,14-15H2,1H3,(H2,25,27)(H,26,28). The van der Waals surface area contributed by atoms with Gasteiger partial charge in [0, 0.05) is 11.8 Å². The van der Waals surface area contributed by atoms with E-state index in [4.69, 9.17) is 24.7 Å². The first-order valence-corrected chi connectivity index (χ1v) is 9.83. The van der Waals surface area contributed by atoms with Gasteiger partial charge >= 0.3 is 5.97 Å². The average molecular weight is 450 g/mol. The molecular weight excluding hydrogens is 428 g/mol. The number of para-hydroxylation sites is 1. The summed E-state index contributed by atoms with van der Waals surface area (Å²) < 4.78 is 21.2. The maximum atomic E-state index is 12.3. The molecule has 9 nitrogen and oxygen atoms in total. The van der Waals surface area contributed by atoms with Crippen molar-refractivity contribution in [3.8, 4) is 23.0 Å². The summed E-state index contributed by atoms with van der Waals surface area (Å²) in [5, 5.41) is 2.65. The molecule has 3 aromatic rings. The Morgan fingerprint density at radius 3 is 2.33 bits per heavy atom. The van der Waals surface area contributed by atoms with E-state index >= 15 is 0 Å². The monoisotopic (exact) mass is 450 g/mol. The lowest BCUT2D eigenvalue weighted by atomic mass is 10.2. The Labute approximate surface area is 190 Å². The summed E-state index contributed by atoms with van der Waals surface area (Å²) in [6, 6.07) is 20.3. The van der Waals surface area contributed by atoms with Crippen molar-refractivity contribution >= 4 is 23.5 Å². The first-order valence-electron chi connectivity index (χ1n) is 9.83. The summed E-state index contributed by atoms with van der Waals surface area (Å²) in [6.07, 6.45) is 0. The molecule has 0 saturated carbocycles. The zero-order valence-corrected chi connectivity index (χ0v) is 17.8. The zero-order chi connectivity index (χ0) is 23.6. The zero-order valence-electron chi connectivity index (χ0n) is 17.8. The molecule has 0 bridgehead atoms. The van der Waals surface area contributed by atoms with Crippen LogP contribution in [-0.2, 0) is 14.3 Å². The van der Waals surface area contributed by atoms with Crippen molar-refractivity contribution in [2.24, 2.45) is 5.73 Å². The summed E-state index contributed by atoms with van der Waals surface area (Å²) >= 11 is 0. The molecule has 0 aromatic heterocycles. The molecule has 33 heavy (non-hydrogen) atoms. The van der Waals surface area contributed by atoms with Crippen LogP contribution in [0.25, 0.3) is 0 Å². The molecule has 0 aliphatic heterocycles. The maximum absolute atomic E-state index is 12.3. The van der Waals surface area contributed by atoms with Gasteiger partial charge < -0.3 is 30.0 Å². The topological polar surface area (TPSA) is 126 Å². The van der Waals surface area contributed by atoms with E-state index in [0.29, 0.717) is 17.2 Å². The third-order valence-corrected chi connectivity index (χ3v) is 4.20. The van der Waals surface area contributed by atoms with Gasteiger partial charge in [-0.1, -0.05) is 24.3 Å². The number of hydrogen-bond donors (Lipinski definition) is 2. The lowest BCUT2D eigenvalue weighted by Crippen LogP contribution is -2.21. The second-order valence-corrected chi connectivity index (χ2v) is 6.69. The fourth-order valence-corrected chi connectivity index (χ4v) is 2.74. The van der Waals surface area contributed by atoms with Gasteiger partial charge in [-0.2, -0.15) is 0 Å². The molecule has 170 valence electrons. The van der Waals surface area contributed by atoms with Gasteiger partial charge in [-0.25, -0.2) is 4.79 Å². The average Bonchev–Trinajstić information content (AvgIpc) is 2.82. The first-order chi connectivity index (χ1) is 15.9. The van der Waals surface area contributed by atoms with Gasteiger partial charge in [0.1, 0.15) is 11.5 Å². The lowest BCUT2D eigenvalue weighted by molar-refractivity contribution is -0.120. The highest BCUT2D eigenvalue weighted by molar-refractivity contribution is 5.95. The van der Waals surface area contributed by atoms with Gasteiger partial charge in [0.15, 0.2) is 24.7 Å². The van der Waals surface area contributed by atoms with Crippen LogP contribution in [0.3, 0.4) is 0 Å². The highest BCUT2D eigenvalue weighted by Crippen LogP contribution is 2.28. The number of nitrogens with two attached hydrogens (primary N) is 1. The number of carbonyl (C=O) groups is 3. The summed E-state index contributed by atoms with van der Waals surface area (Å²) in [5.74, 6) is -0.241. The van der Waals surface area contributed by atoms with E-state index in [9.17, 15) is 14.4 Å². The summed E-state index contributed by atoms with van der Waals surface area (Å²) in [7, 11) is 1.38. The van der Waals surface area contributed by atoms with Crippen LogP contribution >= 0.6 is 0 Å². The van der Waals surface area contributed by atoms with Crippen LogP contribution in [0.5, 0.6) is 23.0 Å². The van der Waals surface area contributed by atoms with Crippen LogP contribution < -0.4 is 25.3 Å². The molecule has 2 amide bonds. The van der Waals surface area contributed by atoms with E-state index in [1.54, 1.807) is 24.3 Å². The molecule has 3 rings (SSSR count). The van der Waals surface area contributed by atoms with Gasteiger partial charge in [0.2, 0.25) is 0 Å². The summed E-state index contributed by atoms with van der Waals surface area (Å²) in [6.45, 7) is -0.831. The Morgan fingerprint density at radius 2 is 1.61 bits per heavy atom. The van der Waals surface area contributed by atoms with Gasteiger partial charge in [-0.05, 0) is 42.5 Å². The highest BCUT2D eigenvalue weighted by atomic mass is 16.5. The number of amides is 2. The predicted octanol–water partition coefficient (Wildman–Crippen LogP) is 3.15. The van der Waals surface area contributed by atoms with Crippen LogP contribution in [0.4, 0.5) is 5.69 Å². The second kappa shape index (κ2) is 11.2. The second-order valence-electron chi connectivity index (χ2n) is 6.69. The molecule has 0 aliphatic carbocycles. The molecule has 0 fully saturated rings. The molecule has 0 unspecified atom stereocenters. The number of hydrogen-bond acceptors (Lipinski definition) is 7. The fourth-order valence-electron chi connectivity index (χ4n) is 2.74. The molecule has 0 heterocycles. The van der Waals surface area contributed by atoms with Crippen LogP contribution in [0, 0.1) is 0 Å². The Kier molecular flexibility index (Phi) is 7.85. The molecule has 0 saturated heterocycles. The number of benzene rings is 3. The van der Waals surface area contributed by atoms with E-state index in [-0.39, 0.29) is 23.7 Å². The van der Waals surface area contributed by atoms with Crippen molar-refractivity contribution in [2.75, 3.05) is 25.6 Å². The minimum absolute atomic E-state index is 0.143. The number of carbonyl (C=O) groups excluding carboxylic acids is 3. The molecule has 0 aliphatic rings. The van der Waals surface area contributed by atoms with Gasteiger partial charge in [-0.3, -0.25) is 9.59 Å². The van der Waals surface area contributed by atoms with Crippen LogP contribution in [-0.4, -0.2) is 38.1 Å². The Balaban J connectivity index is 1.55. The van der Waals surface area contributed by atoms with Crippen LogP contribution in [0.2, 0.25) is 0 Å². The Bertz CT molecular complexity index is 1130. The third kappa shape index (κ3) is 7.00. The number of ether oxygens (including phenoxy) is 4. The normalized spacial score (nSPS) is 10.1. The van der Waals surface area contributed by atoms with Crippen molar-refractivity contribution in [3.63, 3.8) is 0 Å². The number of esters is 1. The number of primary amides is 1. The summed E-state index contributed by atoms with van der Waals surface area (Å²) in [4.78, 5) is 35.4.